The van der Waals surface area contributed by atoms with E-state index >= 15 is 0 Å². The lowest BCUT2D eigenvalue weighted by Crippen LogP contribution is -2.57. The number of carbonyl (C=O) groups excluding carboxylic acids is 3. The number of carbonyl (C=O) groups is 3. The van der Waals surface area contributed by atoms with Gasteiger partial charge in [-0.15, -0.1) is 11.3 Å². The van der Waals surface area contributed by atoms with E-state index in [9.17, 15) is 14.4 Å². The van der Waals surface area contributed by atoms with Gasteiger partial charge in [0.2, 0.25) is 0 Å². The number of amides is 3. The van der Waals surface area contributed by atoms with E-state index in [-0.39, 0.29) is 30.8 Å². The molecule has 0 atom stereocenters. The van der Waals surface area contributed by atoms with Crippen LogP contribution in [-0.2, 0) is 16.1 Å². The van der Waals surface area contributed by atoms with Gasteiger partial charge in [0.1, 0.15) is 4.88 Å². The average Bonchev–Trinajstić information content (AvgIpc) is 3.09. The summed E-state index contributed by atoms with van der Waals surface area (Å²) in [6.07, 6.45) is 4.26. The Bertz CT molecular complexity index is 1040. The minimum Gasteiger partial charge on any atom is -0.347 e. The number of rotatable bonds is 8. The number of likely N-dealkylation sites (tertiary alicyclic amines) is 1. The summed E-state index contributed by atoms with van der Waals surface area (Å²) in [5, 5.41) is 11.3. The van der Waals surface area contributed by atoms with Gasteiger partial charge < -0.3 is 25.3 Å². The first-order valence-electron chi connectivity index (χ1n) is 13.0. The number of hydrogen-bond acceptors (Lipinski definition) is 5. The summed E-state index contributed by atoms with van der Waals surface area (Å²) in [7, 11) is 0. The molecular formula is C27H38N5O3S+. The van der Waals surface area contributed by atoms with Crippen LogP contribution in [0.2, 0.25) is 0 Å². The standard InChI is InChI=1S/C27H37N5O3S/c1-21-20-36-26(27(35)31-13-11-28-12-14-31)25(21)30-24(34)19-32(15-7-2-3-8-16-32)18-23(33)29-17-22-9-5-4-6-10-22/h4-6,9-10,20,28H,2-3,7-8,11-19H2,1H3,(H-,29,30,33,34,35)/p+1. The van der Waals surface area contributed by atoms with E-state index in [1.165, 1.54) is 11.3 Å². The third-order valence-electron chi connectivity index (χ3n) is 7.14. The average molecular weight is 513 g/mol. The van der Waals surface area contributed by atoms with Crippen LogP contribution in [0.15, 0.2) is 35.7 Å². The highest BCUT2D eigenvalue weighted by molar-refractivity contribution is 7.13. The summed E-state index contributed by atoms with van der Waals surface area (Å²) in [4.78, 5) is 41.9. The van der Waals surface area contributed by atoms with Crippen molar-refractivity contribution in [2.75, 3.05) is 57.7 Å². The van der Waals surface area contributed by atoms with E-state index in [1.54, 1.807) is 0 Å². The summed E-state index contributed by atoms with van der Waals surface area (Å²) >= 11 is 1.39. The molecule has 0 radical (unpaired) electrons. The van der Waals surface area contributed by atoms with Gasteiger partial charge >= 0.3 is 0 Å². The molecule has 0 aliphatic carbocycles. The molecule has 3 amide bonds. The minimum atomic E-state index is -0.136. The van der Waals surface area contributed by atoms with E-state index in [0.29, 0.717) is 34.7 Å². The molecule has 8 nitrogen and oxygen atoms in total. The zero-order valence-electron chi connectivity index (χ0n) is 21.2. The van der Waals surface area contributed by atoms with Crippen LogP contribution in [0.25, 0.3) is 0 Å². The second-order valence-electron chi connectivity index (χ2n) is 9.99. The summed E-state index contributed by atoms with van der Waals surface area (Å²) in [5.74, 6) is -0.192. The molecule has 2 fully saturated rings. The summed E-state index contributed by atoms with van der Waals surface area (Å²) in [5.41, 5.74) is 2.57. The first kappa shape index (κ1) is 26.3. The summed E-state index contributed by atoms with van der Waals surface area (Å²) < 4.78 is 0.455. The molecule has 2 aliphatic heterocycles. The second-order valence-corrected chi connectivity index (χ2v) is 10.9. The minimum absolute atomic E-state index is 0.0242. The molecule has 1 aromatic carbocycles. The maximum atomic E-state index is 13.4. The molecule has 4 rings (SSSR count). The van der Waals surface area contributed by atoms with Gasteiger partial charge in [0.25, 0.3) is 17.7 Å². The third-order valence-corrected chi connectivity index (χ3v) is 8.23. The number of thiophene rings is 1. The van der Waals surface area contributed by atoms with Crippen molar-refractivity contribution in [3.05, 3.63) is 51.7 Å². The Morgan fingerprint density at radius 2 is 1.64 bits per heavy atom. The molecule has 9 heteroatoms. The van der Waals surface area contributed by atoms with E-state index in [4.69, 9.17) is 0 Å². The molecule has 2 saturated heterocycles. The number of nitrogens with one attached hydrogen (secondary N) is 3. The number of anilines is 1. The van der Waals surface area contributed by atoms with Crippen molar-refractivity contribution in [2.24, 2.45) is 0 Å². The molecule has 36 heavy (non-hydrogen) atoms. The molecule has 0 unspecified atom stereocenters. The van der Waals surface area contributed by atoms with Crippen molar-refractivity contribution in [1.82, 2.24) is 15.5 Å². The lowest BCUT2D eigenvalue weighted by Gasteiger charge is -2.36. The Hall–Kier alpha value is -2.75. The number of quaternary nitrogens is 1. The Morgan fingerprint density at radius 3 is 2.33 bits per heavy atom. The second kappa shape index (κ2) is 12.5. The van der Waals surface area contributed by atoms with Crippen molar-refractivity contribution in [1.29, 1.82) is 0 Å². The zero-order chi connectivity index (χ0) is 25.4. The zero-order valence-corrected chi connectivity index (χ0v) is 22.0. The van der Waals surface area contributed by atoms with Crippen molar-refractivity contribution in [3.63, 3.8) is 0 Å². The predicted octanol–water partition coefficient (Wildman–Crippen LogP) is 2.75. The number of nitrogens with zero attached hydrogens (tertiary/aromatic N) is 2. The Balaban J connectivity index is 1.43. The molecular weight excluding hydrogens is 474 g/mol. The number of hydrogen-bond donors (Lipinski definition) is 3. The molecule has 2 aliphatic rings. The van der Waals surface area contributed by atoms with Gasteiger partial charge in [-0.2, -0.15) is 0 Å². The van der Waals surface area contributed by atoms with Crippen LogP contribution in [-0.4, -0.2) is 79.5 Å². The lowest BCUT2D eigenvalue weighted by molar-refractivity contribution is -0.912. The highest BCUT2D eigenvalue weighted by Crippen LogP contribution is 2.29. The van der Waals surface area contributed by atoms with Gasteiger partial charge in [0, 0.05) is 32.7 Å². The summed E-state index contributed by atoms with van der Waals surface area (Å²) in [6.45, 7) is 7.44. The highest BCUT2D eigenvalue weighted by atomic mass is 32.1. The maximum Gasteiger partial charge on any atom is 0.279 e. The normalized spacial score (nSPS) is 17.8. The predicted molar refractivity (Wildman–Crippen MR) is 143 cm³/mol. The highest BCUT2D eigenvalue weighted by Gasteiger charge is 2.35. The van der Waals surface area contributed by atoms with Gasteiger partial charge in [0.05, 0.1) is 18.8 Å². The topological polar surface area (TPSA) is 90.5 Å². The fraction of sp³-hybridized carbons (Fsp3) is 0.519. The van der Waals surface area contributed by atoms with Crippen LogP contribution < -0.4 is 16.0 Å². The Kier molecular flexibility index (Phi) is 9.12. The maximum absolute atomic E-state index is 13.4. The van der Waals surface area contributed by atoms with Crippen LogP contribution >= 0.6 is 11.3 Å². The molecule has 0 saturated carbocycles. The number of benzene rings is 1. The van der Waals surface area contributed by atoms with E-state index in [1.807, 2.05) is 47.5 Å². The smallest absolute Gasteiger partial charge is 0.279 e. The SMILES string of the molecule is Cc1csc(C(=O)N2CCNCC2)c1NC(=O)C[N+]1(CC(=O)NCc2ccccc2)CCCCCC1. The largest absolute Gasteiger partial charge is 0.347 e. The summed E-state index contributed by atoms with van der Waals surface area (Å²) in [6, 6.07) is 9.86. The molecule has 3 N–H and O–H groups in total. The van der Waals surface area contributed by atoms with Gasteiger partial charge in [-0.3, -0.25) is 14.4 Å². The van der Waals surface area contributed by atoms with Crippen molar-refractivity contribution >= 4 is 34.7 Å². The first-order chi connectivity index (χ1) is 17.5. The van der Waals surface area contributed by atoms with Gasteiger partial charge in [-0.05, 0) is 49.1 Å². The van der Waals surface area contributed by atoms with Crippen molar-refractivity contribution in [3.8, 4) is 0 Å². The molecule has 0 bridgehead atoms. The first-order valence-corrected chi connectivity index (χ1v) is 13.9. The van der Waals surface area contributed by atoms with E-state index in [2.05, 4.69) is 16.0 Å². The van der Waals surface area contributed by atoms with Gasteiger partial charge in [0.15, 0.2) is 13.1 Å². The molecule has 1 aromatic heterocycles. The van der Waals surface area contributed by atoms with Crippen LogP contribution in [0.3, 0.4) is 0 Å². The molecule has 0 spiro atoms. The van der Waals surface area contributed by atoms with Crippen LogP contribution in [0, 0.1) is 6.92 Å². The van der Waals surface area contributed by atoms with E-state index in [0.717, 1.165) is 63.0 Å². The third kappa shape index (κ3) is 6.93. The number of piperazine rings is 1. The number of aryl methyl sites for hydroxylation is 1. The van der Waals surface area contributed by atoms with Gasteiger partial charge in [-0.25, -0.2) is 0 Å². The van der Waals surface area contributed by atoms with Crippen molar-refractivity contribution in [2.45, 2.75) is 39.2 Å². The van der Waals surface area contributed by atoms with Gasteiger partial charge in [-0.1, -0.05) is 30.3 Å². The molecule has 2 aromatic rings. The van der Waals surface area contributed by atoms with Crippen molar-refractivity contribution < 1.29 is 18.9 Å². The molecule has 3 heterocycles. The van der Waals surface area contributed by atoms with E-state index < -0.39 is 0 Å². The Morgan fingerprint density at radius 1 is 0.972 bits per heavy atom. The monoisotopic (exact) mass is 512 g/mol. The fourth-order valence-corrected chi connectivity index (χ4v) is 6.11. The molecule has 194 valence electrons. The quantitative estimate of drug-likeness (QED) is 0.475. The van der Waals surface area contributed by atoms with Crippen LogP contribution in [0.1, 0.15) is 46.5 Å². The fourth-order valence-electron chi connectivity index (χ4n) is 5.14. The Labute approximate surface area is 217 Å². The lowest BCUT2D eigenvalue weighted by atomic mass is 10.2. The van der Waals surface area contributed by atoms with Crippen LogP contribution in [0.4, 0.5) is 5.69 Å². The van der Waals surface area contributed by atoms with Crippen LogP contribution in [0.5, 0.6) is 0 Å².